The average Bonchev–Trinajstić information content (AvgIpc) is 3.47. The van der Waals surface area contributed by atoms with Gasteiger partial charge in [-0.05, 0) is 43.4 Å². The number of carbonyl (C=O) groups is 2. The zero-order valence-electron chi connectivity index (χ0n) is 15.2. The van der Waals surface area contributed by atoms with Crippen LogP contribution in [-0.2, 0) is 4.74 Å². The minimum atomic E-state index is -0.433. The number of carbonyl (C=O) groups excluding carboxylic acids is 2. The van der Waals surface area contributed by atoms with Crippen LogP contribution in [-0.4, -0.2) is 72.8 Å². The van der Waals surface area contributed by atoms with E-state index in [9.17, 15) is 14.7 Å². The summed E-state index contributed by atoms with van der Waals surface area (Å²) in [5, 5.41) is 12.2. The second-order valence-electron chi connectivity index (χ2n) is 7.05. The van der Waals surface area contributed by atoms with E-state index in [-0.39, 0.29) is 18.7 Å². The molecule has 1 atom stereocenters. The number of piperazine rings is 1. The highest BCUT2D eigenvalue weighted by Gasteiger charge is 2.33. The third kappa shape index (κ3) is 4.74. The SMILES string of the molecule is COC(=O)c1cccc(NC(=O)N2CCN(CC3CC3)C(CCO)C2)c1. The Morgan fingerprint density at radius 1 is 1.31 bits per heavy atom. The molecule has 1 saturated carbocycles. The summed E-state index contributed by atoms with van der Waals surface area (Å²) >= 11 is 0. The first-order valence-electron chi connectivity index (χ1n) is 9.20. The van der Waals surface area contributed by atoms with E-state index >= 15 is 0 Å². The Morgan fingerprint density at radius 2 is 2.12 bits per heavy atom. The predicted molar refractivity (Wildman–Crippen MR) is 98.2 cm³/mol. The lowest BCUT2D eigenvalue weighted by atomic mass is 10.1. The zero-order chi connectivity index (χ0) is 18.5. The van der Waals surface area contributed by atoms with Crippen LogP contribution in [0, 0.1) is 5.92 Å². The van der Waals surface area contributed by atoms with Crippen molar-refractivity contribution in [3.05, 3.63) is 29.8 Å². The molecule has 1 aromatic rings. The molecule has 2 amide bonds. The van der Waals surface area contributed by atoms with Crippen LogP contribution in [0.2, 0.25) is 0 Å². The first kappa shape index (κ1) is 18.7. The number of aliphatic hydroxyl groups excluding tert-OH is 1. The highest BCUT2D eigenvalue weighted by Crippen LogP contribution is 2.31. The van der Waals surface area contributed by atoms with Crippen molar-refractivity contribution in [3.8, 4) is 0 Å². The maximum atomic E-state index is 12.6. The van der Waals surface area contributed by atoms with Gasteiger partial charge in [-0.1, -0.05) is 6.07 Å². The van der Waals surface area contributed by atoms with Crippen molar-refractivity contribution >= 4 is 17.7 Å². The molecule has 0 spiro atoms. The molecule has 1 aliphatic heterocycles. The summed E-state index contributed by atoms with van der Waals surface area (Å²) < 4.78 is 4.71. The van der Waals surface area contributed by atoms with Crippen LogP contribution in [0.1, 0.15) is 29.6 Å². The average molecular weight is 361 g/mol. The van der Waals surface area contributed by atoms with E-state index in [2.05, 4.69) is 10.2 Å². The maximum absolute atomic E-state index is 12.6. The van der Waals surface area contributed by atoms with Crippen molar-refractivity contribution in [2.24, 2.45) is 5.92 Å². The van der Waals surface area contributed by atoms with Gasteiger partial charge in [0.25, 0.3) is 0 Å². The molecule has 2 N–H and O–H groups in total. The van der Waals surface area contributed by atoms with Crippen LogP contribution in [0.3, 0.4) is 0 Å². The lowest BCUT2D eigenvalue weighted by Gasteiger charge is -2.41. The van der Waals surface area contributed by atoms with Crippen molar-refractivity contribution in [2.75, 3.05) is 45.2 Å². The molecule has 0 bridgehead atoms. The largest absolute Gasteiger partial charge is 0.465 e. The van der Waals surface area contributed by atoms with Crippen molar-refractivity contribution in [2.45, 2.75) is 25.3 Å². The highest BCUT2D eigenvalue weighted by atomic mass is 16.5. The number of hydrogen-bond acceptors (Lipinski definition) is 5. The third-order valence-electron chi connectivity index (χ3n) is 5.08. The first-order valence-corrected chi connectivity index (χ1v) is 9.20. The van der Waals surface area contributed by atoms with Crippen LogP contribution in [0.25, 0.3) is 0 Å². The molecule has 1 heterocycles. The molecule has 1 saturated heterocycles. The first-order chi connectivity index (χ1) is 12.6. The van der Waals surface area contributed by atoms with Crippen molar-refractivity contribution in [1.29, 1.82) is 0 Å². The molecular formula is C19H27N3O4. The topological polar surface area (TPSA) is 82.1 Å². The second kappa shape index (κ2) is 8.51. The van der Waals surface area contributed by atoms with Gasteiger partial charge < -0.3 is 20.1 Å². The number of anilines is 1. The van der Waals surface area contributed by atoms with E-state index in [4.69, 9.17) is 4.74 Å². The van der Waals surface area contributed by atoms with Crippen molar-refractivity contribution < 1.29 is 19.4 Å². The molecule has 0 radical (unpaired) electrons. The number of amides is 2. The smallest absolute Gasteiger partial charge is 0.337 e. The van der Waals surface area contributed by atoms with Gasteiger partial charge in [-0.25, -0.2) is 9.59 Å². The number of methoxy groups -OCH3 is 1. The Bertz CT molecular complexity index is 647. The standard InChI is InChI=1S/C19H27N3O4/c1-26-18(24)15-3-2-4-16(11-15)20-19(25)22-9-8-21(12-14-5-6-14)17(13-22)7-10-23/h2-4,11,14,17,23H,5-10,12-13H2,1H3,(H,20,25). The van der Waals surface area contributed by atoms with Crippen LogP contribution < -0.4 is 5.32 Å². The van der Waals surface area contributed by atoms with Gasteiger partial charge in [-0.3, -0.25) is 4.90 Å². The molecular weight excluding hydrogens is 334 g/mol. The second-order valence-corrected chi connectivity index (χ2v) is 7.05. The molecule has 0 aromatic heterocycles. The summed E-state index contributed by atoms with van der Waals surface area (Å²) in [5.41, 5.74) is 0.967. The molecule has 3 rings (SSSR count). The Morgan fingerprint density at radius 3 is 2.81 bits per heavy atom. The Hall–Kier alpha value is -2.12. The normalized spacial score (nSPS) is 20.7. The highest BCUT2D eigenvalue weighted by molar-refractivity contribution is 5.93. The monoisotopic (exact) mass is 361 g/mol. The molecule has 7 heteroatoms. The summed E-state index contributed by atoms with van der Waals surface area (Å²) in [5.74, 6) is 0.357. The van der Waals surface area contributed by atoms with Crippen molar-refractivity contribution in [3.63, 3.8) is 0 Å². The number of benzene rings is 1. The molecule has 2 fully saturated rings. The van der Waals surface area contributed by atoms with Gasteiger partial charge in [0, 0.05) is 44.5 Å². The molecule has 142 valence electrons. The maximum Gasteiger partial charge on any atom is 0.337 e. The molecule has 7 nitrogen and oxygen atoms in total. The number of nitrogens with one attached hydrogen (secondary N) is 1. The molecule has 1 unspecified atom stereocenters. The van der Waals surface area contributed by atoms with E-state index in [1.54, 1.807) is 29.2 Å². The van der Waals surface area contributed by atoms with Gasteiger partial charge >= 0.3 is 12.0 Å². The zero-order valence-corrected chi connectivity index (χ0v) is 15.2. The van der Waals surface area contributed by atoms with E-state index in [0.717, 1.165) is 19.0 Å². The predicted octanol–water partition coefficient (Wildman–Crippen LogP) is 1.78. The van der Waals surface area contributed by atoms with Gasteiger partial charge in [-0.15, -0.1) is 0 Å². The fourth-order valence-electron chi connectivity index (χ4n) is 3.42. The number of urea groups is 1. The van der Waals surface area contributed by atoms with Gasteiger partial charge in [0.1, 0.15) is 0 Å². The molecule has 2 aliphatic rings. The Labute approximate surface area is 153 Å². The van der Waals surface area contributed by atoms with E-state index in [0.29, 0.717) is 30.8 Å². The summed E-state index contributed by atoms with van der Waals surface area (Å²) in [4.78, 5) is 28.4. The molecule has 1 aliphatic carbocycles. The van der Waals surface area contributed by atoms with Crippen LogP contribution >= 0.6 is 0 Å². The van der Waals surface area contributed by atoms with Crippen molar-refractivity contribution in [1.82, 2.24) is 9.80 Å². The Balaban J connectivity index is 1.60. The fraction of sp³-hybridized carbons (Fsp3) is 0.579. The van der Waals surface area contributed by atoms with Gasteiger partial charge in [0.05, 0.1) is 12.7 Å². The minimum absolute atomic E-state index is 0.127. The lowest BCUT2D eigenvalue weighted by Crippen LogP contribution is -2.56. The van der Waals surface area contributed by atoms with Gasteiger partial charge in [-0.2, -0.15) is 0 Å². The minimum Gasteiger partial charge on any atom is -0.465 e. The number of rotatable bonds is 6. The van der Waals surface area contributed by atoms with E-state index in [1.165, 1.54) is 20.0 Å². The number of hydrogen-bond donors (Lipinski definition) is 2. The van der Waals surface area contributed by atoms with Crippen LogP contribution in [0.4, 0.5) is 10.5 Å². The molecule has 1 aromatic carbocycles. The van der Waals surface area contributed by atoms with E-state index in [1.807, 2.05) is 0 Å². The summed E-state index contributed by atoms with van der Waals surface area (Å²) in [7, 11) is 1.33. The number of nitrogens with zero attached hydrogens (tertiary/aromatic N) is 2. The van der Waals surface area contributed by atoms with Gasteiger partial charge in [0.2, 0.25) is 0 Å². The van der Waals surface area contributed by atoms with Gasteiger partial charge in [0.15, 0.2) is 0 Å². The Kier molecular flexibility index (Phi) is 6.11. The number of esters is 1. The van der Waals surface area contributed by atoms with Crippen LogP contribution in [0.5, 0.6) is 0 Å². The summed E-state index contributed by atoms with van der Waals surface area (Å²) in [6, 6.07) is 6.74. The van der Waals surface area contributed by atoms with E-state index < -0.39 is 5.97 Å². The number of ether oxygens (including phenoxy) is 1. The number of aliphatic hydroxyl groups is 1. The lowest BCUT2D eigenvalue weighted by molar-refractivity contribution is 0.0600. The summed E-state index contributed by atoms with van der Waals surface area (Å²) in [6.07, 6.45) is 3.26. The molecule has 26 heavy (non-hydrogen) atoms. The van der Waals surface area contributed by atoms with Crippen LogP contribution in [0.15, 0.2) is 24.3 Å². The quantitative estimate of drug-likeness (QED) is 0.755. The fourth-order valence-corrected chi connectivity index (χ4v) is 3.42. The third-order valence-corrected chi connectivity index (χ3v) is 5.08. The summed E-state index contributed by atoms with van der Waals surface area (Å²) in [6.45, 7) is 3.30.